The smallest absolute Gasteiger partial charge is 0.272 e. The number of hydrogen-bond donors (Lipinski definition) is 1. The Morgan fingerprint density at radius 3 is 2.42 bits per heavy atom. The number of amides is 1. The van der Waals surface area contributed by atoms with E-state index in [-0.39, 0.29) is 17.2 Å². The van der Waals surface area contributed by atoms with Crippen molar-refractivity contribution in [2.24, 2.45) is 0 Å². The van der Waals surface area contributed by atoms with Gasteiger partial charge in [-0.2, -0.15) is 9.78 Å². The van der Waals surface area contributed by atoms with Gasteiger partial charge in [0.2, 0.25) is 0 Å². The molecule has 1 heterocycles. The Labute approximate surface area is 182 Å². The lowest BCUT2D eigenvalue weighted by Crippen LogP contribution is -2.33. The van der Waals surface area contributed by atoms with Crippen molar-refractivity contribution >= 4 is 11.6 Å². The predicted molar refractivity (Wildman–Crippen MR) is 123 cm³/mol. The third kappa shape index (κ3) is 5.02. The van der Waals surface area contributed by atoms with Gasteiger partial charge in [-0.05, 0) is 48.7 Å². The first-order valence-corrected chi connectivity index (χ1v) is 10.9. The van der Waals surface area contributed by atoms with E-state index in [9.17, 15) is 9.59 Å². The van der Waals surface area contributed by atoms with Crippen LogP contribution in [0.25, 0.3) is 5.69 Å². The number of carbonyl (C=O) groups excluding carboxylic acids is 1. The van der Waals surface area contributed by atoms with Crippen LogP contribution in [-0.2, 0) is 6.54 Å². The second-order valence-electron chi connectivity index (χ2n) is 8.06. The van der Waals surface area contributed by atoms with Gasteiger partial charge in [-0.1, -0.05) is 49.6 Å². The topological polar surface area (TPSA) is 67.2 Å². The number of hydrogen-bond acceptors (Lipinski definition) is 4. The number of nitrogens with zero attached hydrogens (tertiary/aromatic N) is 3. The van der Waals surface area contributed by atoms with Crippen molar-refractivity contribution in [2.45, 2.75) is 44.7 Å². The minimum atomic E-state index is -0.312. The third-order valence-electron chi connectivity index (χ3n) is 5.95. The SMILES string of the molecule is CN(c1ccc(CNC(=O)c2ccc(=O)n(-c3ccccc3)n2)cc1)C1CCCCC1. The van der Waals surface area contributed by atoms with E-state index >= 15 is 0 Å². The van der Waals surface area contributed by atoms with Gasteiger partial charge in [0, 0.05) is 31.4 Å². The summed E-state index contributed by atoms with van der Waals surface area (Å²) in [5, 5.41) is 7.12. The van der Waals surface area contributed by atoms with E-state index in [1.54, 1.807) is 12.1 Å². The van der Waals surface area contributed by atoms with E-state index in [1.807, 2.05) is 30.3 Å². The van der Waals surface area contributed by atoms with Crippen molar-refractivity contribution in [3.8, 4) is 5.69 Å². The molecule has 3 aromatic rings. The maximum absolute atomic E-state index is 12.6. The molecule has 0 radical (unpaired) electrons. The Morgan fingerprint density at radius 1 is 1.00 bits per heavy atom. The lowest BCUT2D eigenvalue weighted by atomic mass is 9.94. The maximum Gasteiger partial charge on any atom is 0.272 e. The van der Waals surface area contributed by atoms with Crippen LogP contribution in [0, 0.1) is 0 Å². The van der Waals surface area contributed by atoms with Crippen molar-refractivity contribution in [1.82, 2.24) is 15.1 Å². The molecule has 1 aromatic heterocycles. The number of rotatable bonds is 6. The summed E-state index contributed by atoms with van der Waals surface area (Å²) < 4.78 is 1.24. The fraction of sp³-hybridized carbons (Fsp3) is 0.320. The van der Waals surface area contributed by atoms with Gasteiger partial charge in [0.15, 0.2) is 0 Å². The average molecular weight is 417 g/mol. The van der Waals surface area contributed by atoms with Crippen LogP contribution in [0.5, 0.6) is 0 Å². The standard InChI is InChI=1S/C25H28N4O2/c1-28(20-8-4-2-5-9-20)21-14-12-19(13-15-21)18-26-25(31)23-16-17-24(30)29(27-23)22-10-6-3-7-11-22/h3,6-7,10-17,20H,2,4-5,8-9,18H2,1H3,(H,26,31). The summed E-state index contributed by atoms with van der Waals surface area (Å²) in [4.78, 5) is 27.1. The minimum Gasteiger partial charge on any atom is -0.372 e. The molecular formula is C25H28N4O2. The molecule has 0 spiro atoms. The zero-order valence-corrected chi connectivity index (χ0v) is 17.8. The molecule has 1 aliphatic carbocycles. The van der Waals surface area contributed by atoms with E-state index < -0.39 is 0 Å². The number of benzene rings is 2. The van der Waals surface area contributed by atoms with Gasteiger partial charge < -0.3 is 10.2 Å². The first-order chi connectivity index (χ1) is 15.1. The number of anilines is 1. The first kappa shape index (κ1) is 20.8. The lowest BCUT2D eigenvalue weighted by molar-refractivity contribution is 0.0944. The Morgan fingerprint density at radius 2 is 1.71 bits per heavy atom. The van der Waals surface area contributed by atoms with Crippen LogP contribution in [0.15, 0.2) is 71.5 Å². The molecule has 1 fully saturated rings. The minimum absolute atomic E-state index is 0.206. The molecule has 1 N–H and O–H groups in total. The van der Waals surface area contributed by atoms with Gasteiger partial charge in [0.1, 0.15) is 5.69 Å². The van der Waals surface area contributed by atoms with Crippen LogP contribution in [0.3, 0.4) is 0 Å². The van der Waals surface area contributed by atoms with Gasteiger partial charge in [0.05, 0.1) is 5.69 Å². The molecule has 0 atom stereocenters. The molecule has 4 rings (SSSR count). The second kappa shape index (κ2) is 9.60. The Kier molecular flexibility index (Phi) is 6.46. The van der Waals surface area contributed by atoms with Crippen molar-refractivity contribution < 1.29 is 4.79 Å². The van der Waals surface area contributed by atoms with Crippen molar-refractivity contribution in [3.63, 3.8) is 0 Å². The van der Waals surface area contributed by atoms with Gasteiger partial charge in [0.25, 0.3) is 11.5 Å². The van der Waals surface area contributed by atoms with Crippen LogP contribution in [0.1, 0.15) is 48.2 Å². The summed E-state index contributed by atoms with van der Waals surface area (Å²) in [5.74, 6) is -0.312. The molecular weight excluding hydrogens is 388 g/mol. The first-order valence-electron chi connectivity index (χ1n) is 10.9. The molecule has 0 aliphatic heterocycles. The zero-order chi connectivity index (χ0) is 21.6. The number of para-hydroxylation sites is 1. The molecule has 0 unspecified atom stereocenters. The molecule has 0 bridgehead atoms. The quantitative estimate of drug-likeness (QED) is 0.661. The number of nitrogens with one attached hydrogen (secondary N) is 1. The zero-order valence-electron chi connectivity index (χ0n) is 17.8. The van der Waals surface area contributed by atoms with Crippen LogP contribution < -0.4 is 15.8 Å². The summed E-state index contributed by atoms with van der Waals surface area (Å²) in [6, 6.07) is 20.8. The molecule has 1 amide bonds. The average Bonchev–Trinajstić information content (AvgIpc) is 2.84. The normalized spacial score (nSPS) is 14.2. The molecule has 1 saturated carbocycles. The van der Waals surface area contributed by atoms with Crippen molar-refractivity contribution in [2.75, 3.05) is 11.9 Å². The fourth-order valence-electron chi connectivity index (χ4n) is 4.09. The molecule has 31 heavy (non-hydrogen) atoms. The summed E-state index contributed by atoms with van der Waals surface area (Å²) in [6.07, 6.45) is 6.48. The monoisotopic (exact) mass is 416 g/mol. The Hall–Kier alpha value is -3.41. The molecule has 1 aliphatic rings. The number of carbonyl (C=O) groups is 1. The van der Waals surface area contributed by atoms with Crippen LogP contribution in [-0.4, -0.2) is 28.8 Å². The third-order valence-corrected chi connectivity index (χ3v) is 5.95. The van der Waals surface area contributed by atoms with E-state index in [0.717, 1.165) is 5.56 Å². The Balaban J connectivity index is 1.39. The highest BCUT2D eigenvalue weighted by molar-refractivity contribution is 5.92. The molecule has 6 heteroatoms. The summed E-state index contributed by atoms with van der Waals surface area (Å²) in [7, 11) is 2.17. The highest BCUT2D eigenvalue weighted by atomic mass is 16.2. The van der Waals surface area contributed by atoms with Crippen molar-refractivity contribution in [1.29, 1.82) is 0 Å². The van der Waals surface area contributed by atoms with Gasteiger partial charge in [-0.3, -0.25) is 9.59 Å². The van der Waals surface area contributed by atoms with Gasteiger partial charge >= 0.3 is 0 Å². The molecule has 2 aromatic carbocycles. The fourth-order valence-corrected chi connectivity index (χ4v) is 4.09. The summed E-state index contributed by atoms with van der Waals surface area (Å²) in [6.45, 7) is 0.401. The van der Waals surface area contributed by atoms with Crippen LogP contribution in [0.2, 0.25) is 0 Å². The van der Waals surface area contributed by atoms with Gasteiger partial charge in [-0.25, -0.2) is 0 Å². The van der Waals surface area contributed by atoms with E-state index in [4.69, 9.17) is 0 Å². The van der Waals surface area contributed by atoms with E-state index in [0.29, 0.717) is 18.3 Å². The van der Waals surface area contributed by atoms with E-state index in [1.165, 1.54) is 54.6 Å². The van der Waals surface area contributed by atoms with E-state index in [2.05, 4.69) is 34.5 Å². The number of aromatic nitrogens is 2. The molecule has 0 saturated heterocycles. The summed E-state index contributed by atoms with van der Waals surface area (Å²) >= 11 is 0. The molecule has 160 valence electrons. The predicted octanol–water partition coefficient (Wildman–Crippen LogP) is 3.93. The lowest BCUT2D eigenvalue weighted by Gasteiger charge is -2.33. The highest BCUT2D eigenvalue weighted by Crippen LogP contribution is 2.26. The second-order valence-corrected chi connectivity index (χ2v) is 8.06. The highest BCUT2D eigenvalue weighted by Gasteiger charge is 2.18. The summed E-state index contributed by atoms with van der Waals surface area (Å²) in [5.41, 5.74) is 2.78. The van der Waals surface area contributed by atoms with Crippen LogP contribution >= 0.6 is 0 Å². The van der Waals surface area contributed by atoms with Crippen molar-refractivity contribution in [3.05, 3.63) is 88.3 Å². The maximum atomic E-state index is 12.6. The molecule has 6 nitrogen and oxygen atoms in total. The van der Waals surface area contributed by atoms with Crippen LogP contribution in [0.4, 0.5) is 5.69 Å². The van der Waals surface area contributed by atoms with Gasteiger partial charge in [-0.15, -0.1) is 0 Å². The largest absolute Gasteiger partial charge is 0.372 e. The Bertz CT molecular complexity index is 1070.